The molecule has 1 amide bonds. The Kier molecular flexibility index (Phi) is 6.15. The van der Waals surface area contributed by atoms with Crippen molar-refractivity contribution in [1.82, 2.24) is 9.80 Å². The van der Waals surface area contributed by atoms with Crippen molar-refractivity contribution in [3.8, 4) is 0 Å². The van der Waals surface area contributed by atoms with Crippen molar-refractivity contribution in [3.05, 3.63) is 29.3 Å². The monoisotopic (exact) mass is 383 g/mol. The predicted octanol–water partition coefficient (Wildman–Crippen LogP) is 2.24. The lowest BCUT2D eigenvalue weighted by atomic mass is 9.84. The molecule has 1 aliphatic heterocycles. The fourth-order valence-electron chi connectivity index (χ4n) is 4.49. The standard InChI is InChI=1S/C22H33N5O/c23-22(25-20-10-4-6-17-5-1-2-9-19(17)20)24-11-12-26-13-15-27(16-14-26)21(28)18-7-3-8-18/h4,6,10,18H,1-3,5,7-9,11-16H2,(H3,23,24,25). The van der Waals surface area contributed by atoms with Gasteiger partial charge in [0, 0.05) is 44.3 Å². The third-order valence-corrected chi connectivity index (χ3v) is 6.50. The van der Waals surface area contributed by atoms with Crippen LogP contribution < -0.4 is 11.1 Å². The smallest absolute Gasteiger partial charge is 0.225 e. The van der Waals surface area contributed by atoms with Crippen LogP contribution in [0.2, 0.25) is 0 Å². The quantitative estimate of drug-likeness (QED) is 0.604. The van der Waals surface area contributed by atoms with E-state index in [1.54, 1.807) is 0 Å². The van der Waals surface area contributed by atoms with Crippen molar-refractivity contribution in [2.75, 3.05) is 44.6 Å². The van der Waals surface area contributed by atoms with Gasteiger partial charge in [0.05, 0.1) is 6.54 Å². The second kappa shape index (κ2) is 8.95. The zero-order valence-electron chi connectivity index (χ0n) is 16.8. The molecule has 1 aromatic rings. The third kappa shape index (κ3) is 4.49. The molecule has 152 valence electrons. The number of guanidine groups is 1. The van der Waals surface area contributed by atoms with Crippen molar-refractivity contribution < 1.29 is 4.79 Å². The zero-order chi connectivity index (χ0) is 19.3. The van der Waals surface area contributed by atoms with Gasteiger partial charge in [-0.05, 0) is 55.7 Å². The van der Waals surface area contributed by atoms with Gasteiger partial charge in [0.15, 0.2) is 5.96 Å². The molecular formula is C22H33N5O. The minimum Gasteiger partial charge on any atom is -0.370 e. The number of nitrogens with one attached hydrogen (secondary N) is 1. The maximum Gasteiger partial charge on any atom is 0.225 e. The van der Waals surface area contributed by atoms with E-state index in [9.17, 15) is 4.79 Å². The molecule has 4 rings (SSSR count). The molecule has 2 fully saturated rings. The zero-order valence-corrected chi connectivity index (χ0v) is 16.8. The highest BCUT2D eigenvalue weighted by molar-refractivity contribution is 5.93. The number of benzene rings is 1. The van der Waals surface area contributed by atoms with Gasteiger partial charge >= 0.3 is 0 Å². The number of hydrogen-bond acceptors (Lipinski definition) is 3. The number of rotatable bonds is 5. The Balaban J connectivity index is 1.22. The van der Waals surface area contributed by atoms with E-state index >= 15 is 0 Å². The third-order valence-electron chi connectivity index (χ3n) is 6.50. The van der Waals surface area contributed by atoms with E-state index < -0.39 is 0 Å². The second-order valence-electron chi connectivity index (χ2n) is 8.34. The van der Waals surface area contributed by atoms with Crippen LogP contribution >= 0.6 is 0 Å². The summed E-state index contributed by atoms with van der Waals surface area (Å²) >= 11 is 0. The topological polar surface area (TPSA) is 74.0 Å². The molecule has 1 heterocycles. The summed E-state index contributed by atoms with van der Waals surface area (Å²) in [6.45, 7) is 5.15. The maximum absolute atomic E-state index is 12.3. The summed E-state index contributed by atoms with van der Waals surface area (Å²) < 4.78 is 0. The number of carbonyl (C=O) groups is 1. The lowest BCUT2D eigenvalue weighted by molar-refractivity contribution is -0.139. The van der Waals surface area contributed by atoms with Gasteiger partial charge < -0.3 is 16.0 Å². The normalized spacial score (nSPS) is 21.1. The molecular weight excluding hydrogens is 350 g/mol. The average Bonchev–Trinajstić information content (AvgIpc) is 2.67. The van der Waals surface area contributed by atoms with Crippen LogP contribution in [-0.2, 0) is 17.6 Å². The largest absolute Gasteiger partial charge is 0.370 e. The summed E-state index contributed by atoms with van der Waals surface area (Å²) in [5, 5.41) is 3.31. The Hall–Kier alpha value is -2.08. The maximum atomic E-state index is 12.3. The number of hydrogen-bond donors (Lipinski definition) is 2. The molecule has 6 nitrogen and oxygen atoms in total. The van der Waals surface area contributed by atoms with Crippen molar-refractivity contribution in [2.45, 2.75) is 44.9 Å². The molecule has 0 atom stereocenters. The number of anilines is 1. The van der Waals surface area contributed by atoms with E-state index in [1.165, 1.54) is 30.4 Å². The Labute approximate surface area is 168 Å². The van der Waals surface area contributed by atoms with Gasteiger partial charge in [0.25, 0.3) is 0 Å². The molecule has 0 aromatic heterocycles. The Morgan fingerprint density at radius 3 is 2.64 bits per heavy atom. The van der Waals surface area contributed by atoms with Crippen LogP contribution in [0, 0.1) is 5.92 Å². The number of carbonyl (C=O) groups excluding carboxylic acids is 1. The molecule has 3 N–H and O–H groups in total. The Bertz CT molecular complexity index is 720. The van der Waals surface area contributed by atoms with Crippen molar-refractivity contribution in [1.29, 1.82) is 0 Å². The van der Waals surface area contributed by atoms with Crippen LogP contribution in [-0.4, -0.2) is 60.9 Å². The molecule has 1 saturated carbocycles. The van der Waals surface area contributed by atoms with Crippen LogP contribution in [0.1, 0.15) is 43.2 Å². The number of aliphatic imine (C=N–C) groups is 1. The lowest BCUT2D eigenvalue weighted by Gasteiger charge is -2.38. The second-order valence-corrected chi connectivity index (χ2v) is 8.34. The summed E-state index contributed by atoms with van der Waals surface area (Å²) in [6, 6.07) is 6.43. The van der Waals surface area contributed by atoms with Crippen LogP contribution in [0.25, 0.3) is 0 Å². The van der Waals surface area contributed by atoms with Crippen molar-refractivity contribution >= 4 is 17.6 Å². The van der Waals surface area contributed by atoms with Gasteiger partial charge in [-0.2, -0.15) is 0 Å². The van der Waals surface area contributed by atoms with Gasteiger partial charge in [-0.25, -0.2) is 0 Å². The van der Waals surface area contributed by atoms with E-state index in [0.717, 1.165) is 64.1 Å². The van der Waals surface area contributed by atoms with Gasteiger partial charge in [0.1, 0.15) is 0 Å². The van der Waals surface area contributed by atoms with E-state index in [4.69, 9.17) is 5.73 Å². The highest BCUT2D eigenvalue weighted by atomic mass is 16.2. The minimum absolute atomic E-state index is 0.311. The van der Waals surface area contributed by atoms with Crippen molar-refractivity contribution in [3.63, 3.8) is 0 Å². The van der Waals surface area contributed by atoms with E-state index in [2.05, 4.69) is 38.3 Å². The molecule has 3 aliphatic rings. The number of fused-ring (bicyclic) bond motifs is 1. The Morgan fingerprint density at radius 2 is 1.89 bits per heavy atom. The average molecular weight is 384 g/mol. The fourth-order valence-corrected chi connectivity index (χ4v) is 4.49. The lowest BCUT2D eigenvalue weighted by Crippen LogP contribution is -2.51. The Morgan fingerprint density at radius 1 is 1.11 bits per heavy atom. The number of nitrogens with zero attached hydrogens (tertiary/aromatic N) is 3. The van der Waals surface area contributed by atoms with E-state index in [-0.39, 0.29) is 0 Å². The molecule has 2 aliphatic carbocycles. The first-order valence-electron chi connectivity index (χ1n) is 10.9. The molecule has 0 spiro atoms. The summed E-state index contributed by atoms with van der Waals surface area (Å²) in [5.74, 6) is 1.19. The first-order chi connectivity index (χ1) is 13.7. The van der Waals surface area contributed by atoms with Crippen LogP contribution in [0.15, 0.2) is 23.2 Å². The summed E-state index contributed by atoms with van der Waals surface area (Å²) in [4.78, 5) is 21.3. The molecule has 6 heteroatoms. The predicted molar refractivity (Wildman–Crippen MR) is 114 cm³/mol. The summed E-state index contributed by atoms with van der Waals surface area (Å²) in [7, 11) is 0. The fraction of sp³-hybridized carbons (Fsp3) is 0.636. The van der Waals surface area contributed by atoms with Gasteiger partial charge in [0.2, 0.25) is 5.91 Å². The number of piperazine rings is 1. The molecule has 1 aromatic carbocycles. The van der Waals surface area contributed by atoms with Crippen LogP contribution in [0.5, 0.6) is 0 Å². The van der Waals surface area contributed by atoms with Gasteiger partial charge in [-0.1, -0.05) is 18.6 Å². The first-order valence-corrected chi connectivity index (χ1v) is 10.9. The molecule has 0 radical (unpaired) electrons. The molecule has 0 bridgehead atoms. The van der Waals surface area contributed by atoms with Gasteiger partial charge in [-0.3, -0.25) is 14.7 Å². The van der Waals surface area contributed by atoms with Crippen LogP contribution in [0.4, 0.5) is 5.69 Å². The van der Waals surface area contributed by atoms with Crippen LogP contribution in [0.3, 0.4) is 0 Å². The first kappa shape index (κ1) is 19.2. The van der Waals surface area contributed by atoms with E-state index in [1.807, 2.05) is 0 Å². The number of nitrogens with two attached hydrogens (primary N) is 1. The highest BCUT2D eigenvalue weighted by Gasteiger charge is 2.30. The molecule has 1 saturated heterocycles. The van der Waals surface area contributed by atoms with E-state index in [0.29, 0.717) is 24.3 Å². The number of aryl methyl sites for hydroxylation is 1. The van der Waals surface area contributed by atoms with Crippen molar-refractivity contribution in [2.24, 2.45) is 16.6 Å². The SMILES string of the molecule is NC(=NCCN1CCN(C(=O)C2CCC2)CC1)Nc1cccc2c1CCCC2. The summed E-state index contributed by atoms with van der Waals surface area (Å²) in [6.07, 6.45) is 8.20. The molecule has 28 heavy (non-hydrogen) atoms. The minimum atomic E-state index is 0.311. The number of amides is 1. The van der Waals surface area contributed by atoms with Gasteiger partial charge in [-0.15, -0.1) is 0 Å². The highest BCUT2D eigenvalue weighted by Crippen LogP contribution is 2.29. The summed E-state index contributed by atoms with van der Waals surface area (Å²) in [5.41, 5.74) is 10.1. The molecule has 0 unspecified atom stereocenters.